The Labute approximate surface area is 132 Å². The van der Waals surface area contributed by atoms with E-state index < -0.39 is 0 Å². The van der Waals surface area contributed by atoms with Crippen LogP contribution in [0.5, 0.6) is 0 Å². The van der Waals surface area contributed by atoms with Gasteiger partial charge in [0.1, 0.15) is 11.0 Å². The Kier molecular flexibility index (Phi) is 4.77. The highest BCUT2D eigenvalue weighted by Gasteiger charge is 2.27. The number of halogens is 1. The minimum Gasteiger partial charge on any atom is -0.304 e. The van der Waals surface area contributed by atoms with E-state index in [0.717, 1.165) is 31.2 Å². The van der Waals surface area contributed by atoms with Gasteiger partial charge in [-0.25, -0.2) is 9.97 Å². The van der Waals surface area contributed by atoms with Crippen molar-refractivity contribution >= 4 is 11.6 Å². The molecule has 1 aliphatic carbocycles. The molecule has 0 radical (unpaired) electrons. The van der Waals surface area contributed by atoms with Gasteiger partial charge in [-0.15, -0.1) is 0 Å². The van der Waals surface area contributed by atoms with Crippen LogP contribution in [0.3, 0.4) is 0 Å². The van der Waals surface area contributed by atoms with Gasteiger partial charge in [0.2, 0.25) is 0 Å². The van der Waals surface area contributed by atoms with E-state index in [4.69, 9.17) is 16.6 Å². The van der Waals surface area contributed by atoms with Crippen LogP contribution in [0.1, 0.15) is 55.6 Å². The lowest BCUT2D eigenvalue weighted by molar-refractivity contribution is 0.219. The van der Waals surface area contributed by atoms with Crippen molar-refractivity contribution in [3.05, 3.63) is 22.7 Å². The maximum atomic E-state index is 6.29. The SMILES string of the molecule is CN1CCCN(C)C(c2nc(Cl)cc(C3CCCC3)n2)C1. The van der Waals surface area contributed by atoms with E-state index in [1.54, 1.807) is 0 Å². The summed E-state index contributed by atoms with van der Waals surface area (Å²) < 4.78 is 0. The van der Waals surface area contributed by atoms with Crippen LogP contribution in [-0.2, 0) is 0 Å². The average molecular weight is 309 g/mol. The van der Waals surface area contributed by atoms with Gasteiger partial charge in [-0.05, 0) is 52.5 Å². The predicted molar refractivity (Wildman–Crippen MR) is 85.7 cm³/mol. The summed E-state index contributed by atoms with van der Waals surface area (Å²) in [4.78, 5) is 14.2. The van der Waals surface area contributed by atoms with Crippen molar-refractivity contribution in [1.29, 1.82) is 0 Å². The van der Waals surface area contributed by atoms with Crippen molar-refractivity contribution in [1.82, 2.24) is 19.8 Å². The lowest BCUT2D eigenvalue weighted by atomic mass is 10.0. The highest BCUT2D eigenvalue weighted by molar-refractivity contribution is 6.29. The van der Waals surface area contributed by atoms with E-state index in [-0.39, 0.29) is 6.04 Å². The zero-order valence-corrected chi connectivity index (χ0v) is 13.8. The first-order valence-corrected chi connectivity index (χ1v) is 8.44. The molecule has 1 aromatic heterocycles. The van der Waals surface area contributed by atoms with Crippen LogP contribution in [0.15, 0.2) is 6.07 Å². The van der Waals surface area contributed by atoms with Gasteiger partial charge in [0.15, 0.2) is 0 Å². The standard InChI is InChI=1S/C16H25ClN4/c1-20-8-5-9-21(2)14(11-20)16-18-13(10-15(17)19-16)12-6-3-4-7-12/h10,12,14H,3-9,11H2,1-2H3. The second-order valence-electron chi connectivity index (χ2n) is 6.57. The maximum Gasteiger partial charge on any atom is 0.148 e. The van der Waals surface area contributed by atoms with E-state index in [1.165, 1.54) is 32.1 Å². The Balaban J connectivity index is 1.89. The molecule has 1 saturated heterocycles. The van der Waals surface area contributed by atoms with Crippen LogP contribution < -0.4 is 0 Å². The molecule has 1 saturated carbocycles. The second-order valence-corrected chi connectivity index (χ2v) is 6.95. The van der Waals surface area contributed by atoms with Crippen LogP contribution >= 0.6 is 11.6 Å². The van der Waals surface area contributed by atoms with Crippen molar-refractivity contribution in [2.45, 2.75) is 44.1 Å². The Morgan fingerprint density at radius 3 is 2.62 bits per heavy atom. The highest BCUT2D eigenvalue weighted by Crippen LogP contribution is 2.34. The molecule has 3 rings (SSSR count). The first-order valence-electron chi connectivity index (χ1n) is 8.06. The Hall–Kier alpha value is -0.710. The fraction of sp³-hybridized carbons (Fsp3) is 0.750. The van der Waals surface area contributed by atoms with Gasteiger partial charge in [0, 0.05) is 18.2 Å². The molecule has 0 amide bonds. The van der Waals surface area contributed by atoms with E-state index >= 15 is 0 Å². The molecule has 0 bridgehead atoms. The van der Waals surface area contributed by atoms with Crippen LogP contribution in [0, 0.1) is 0 Å². The molecule has 2 heterocycles. The van der Waals surface area contributed by atoms with Crippen molar-refractivity contribution < 1.29 is 0 Å². The van der Waals surface area contributed by atoms with Crippen molar-refractivity contribution in [3.8, 4) is 0 Å². The highest BCUT2D eigenvalue weighted by atomic mass is 35.5. The van der Waals surface area contributed by atoms with Crippen LogP contribution in [0.25, 0.3) is 0 Å². The summed E-state index contributed by atoms with van der Waals surface area (Å²) in [5.74, 6) is 1.48. The quantitative estimate of drug-likeness (QED) is 0.786. The smallest absolute Gasteiger partial charge is 0.148 e. The summed E-state index contributed by atoms with van der Waals surface area (Å²) in [6.07, 6.45) is 6.31. The predicted octanol–water partition coefficient (Wildman–Crippen LogP) is 3.10. The summed E-state index contributed by atoms with van der Waals surface area (Å²) in [5, 5.41) is 0.599. The van der Waals surface area contributed by atoms with E-state index in [1.807, 2.05) is 6.07 Å². The summed E-state index contributed by atoms with van der Waals surface area (Å²) >= 11 is 6.29. The first-order chi connectivity index (χ1) is 10.1. The molecule has 1 unspecified atom stereocenters. The van der Waals surface area contributed by atoms with E-state index in [0.29, 0.717) is 11.1 Å². The lowest BCUT2D eigenvalue weighted by Crippen LogP contribution is -2.32. The van der Waals surface area contributed by atoms with Crippen molar-refractivity contribution in [3.63, 3.8) is 0 Å². The summed E-state index contributed by atoms with van der Waals surface area (Å²) in [5.41, 5.74) is 1.16. The van der Waals surface area contributed by atoms with E-state index in [2.05, 4.69) is 28.9 Å². The number of hydrogen-bond donors (Lipinski definition) is 0. The Morgan fingerprint density at radius 1 is 1.10 bits per heavy atom. The molecule has 2 aliphatic rings. The first kappa shape index (κ1) is 15.2. The molecule has 21 heavy (non-hydrogen) atoms. The minimum atomic E-state index is 0.247. The summed E-state index contributed by atoms with van der Waals surface area (Å²) in [6, 6.07) is 2.22. The third-order valence-corrected chi connectivity index (χ3v) is 5.06. The van der Waals surface area contributed by atoms with Gasteiger partial charge in [-0.1, -0.05) is 24.4 Å². The Bertz CT molecular complexity index is 487. The molecule has 116 valence electrons. The largest absolute Gasteiger partial charge is 0.304 e. The third-order valence-electron chi connectivity index (χ3n) is 4.87. The minimum absolute atomic E-state index is 0.247. The van der Waals surface area contributed by atoms with Crippen molar-refractivity contribution in [2.24, 2.45) is 0 Å². The topological polar surface area (TPSA) is 32.3 Å². The second kappa shape index (κ2) is 6.59. The molecule has 5 heteroatoms. The van der Waals surface area contributed by atoms with E-state index in [9.17, 15) is 0 Å². The van der Waals surface area contributed by atoms with Gasteiger partial charge in [0.05, 0.1) is 6.04 Å². The molecule has 2 fully saturated rings. The van der Waals surface area contributed by atoms with Gasteiger partial charge < -0.3 is 4.90 Å². The molecule has 0 N–H and O–H groups in total. The number of aromatic nitrogens is 2. The Morgan fingerprint density at radius 2 is 1.86 bits per heavy atom. The number of hydrogen-bond acceptors (Lipinski definition) is 4. The molecule has 0 spiro atoms. The number of nitrogens with zero attached hydrogens (tertiary/aromatic N) is 4. The fourth-order valence-corrected chi connectivity index (χ4v) is 3.78. The van der Waals surface area contributed by atoms with Gasteiger partial charge >= 0.3 is 0 Å². The lowest BCUT2D eigenvalue weighted by Gasteiger charge is -2.26. The number of rotatable bonds is 2. The van der Waals surface area contributed by atoms with Crippen LogP contribution in [0.4, 0.5) is 0 Å². The molecule has 1 atom stereocenters. The fourth-order valence-electron chi connectivity index (χ4n) is 3.58. The molecule has 1 aliphatic heterocycles. The molecular formula is C16H25ClN4. The summed E-state index contributed by atoms with van der Waals surface area (Å²) in [7, 11) is 4.35. The van der Waals surface area contributed by atoms with Crippen LogP contribution in [0.2, 0.25) is 5.15 Å². The maximum absolute atomic E-state index is 6.29. The third kappa shape index (κ3) is 3.55. The van der Waals surface area contributed by atoms with Crippen LogP contribution in [-0.4, -0.2) is 53.5 Å². The normalized spacial score (nSPS) is 26.1. The molecule has 4 nitrogen and oxygen atoms in total. The zero-order chi connectivity index (χ0) is 14.8. The van der Waals surface area contributed by atoms with Crippen molar-refractivity contribution in [2.75, 3.05) is 33.7 Å². The molecule has 1 aromatic rings. The zero-order valence-electron chi connectivity index (χ0n) is 13.1. The number of likely N-dealkylation sites (N-methyl/N-ethyl adjacent to an activating group) is 2. The monoisotopic (exact) mass is 308 g/mol. The molecule has 0 aromatic carbocycles. The van der Waals surface area contributed by atoms with Gasteiger partial charge in [0.25, 0.3) is 0 Å². The average Bonchev–Trinajstić information content (AvgIpc) is 2.92. The van der Waals surface area contributed by atoms with Gasteiger partial charge in [-0.2, -0.15) is 0 Å². The molecular weight excluding hydrogens is 284 g/mol. The van der Waals surface area contributed by atoms with Gasteiger partial charge in [-0.3, -0.25) is 4.90 Å². The summed E-state index contributed by atoms with van der Waals surface area (Å²) in [6.45, 7) is 3.20.